The van der Waals surface area contributed by atoms with Gasteiger partial charge in [0.25, 0.3) is 0 Å². The van der Waals surface area contributed by atoms with E-state index >= 15 is 0 Å². The minimum Gasteiger partial charge on any atom is -0.339 e. The molecule has 1 aliphatic carbocycles. The predicted molar refractivity (Wildman–Crippen MR) is 94.6 cm³/mol. The summed E-state index contributed by atoms with van der Waals surface area (Å²) in [5.74, 6) is 1.18. The number of nitrogens with zero attached hydrogens (tertiary/aromatic N) is 3. The number of carbonyl (C=O) groups is 2. The van der Waals surface area contributed by atoms with Gasteiger partial charge in [0.1, 0.15) is 0 Å². The molecule has 1 atom stereocenters. The Morgan fingerprint density at radius 2 is 1.42 bits per heavy atom. The van der Waals surface area contributed by atoms with Crippen molar-refractivity contribution in [1.29, 1.82) is 0 Å². The zero-order valence-electron chi connectivity index (χ0n) is 15.2. The fraction of sp³-hybridized carbons (Fsp3) is 0.895. The molecule has 1 unspecified atom stereocenters. The third-order valence-corrected chi connectivity index (χ3v) is 6.18. The van der Waals surface area contributed by atoms with Crippen molar-refractivity contribution in [2.75, 3.05) is 39.3 Å². The van der Waals surface area contributed by atoms with E-state index in [1.807, 2.05) is 9.80 Å². The summed E-state index contributed by atoms with van der Waals surface area (Å²) in [4.78, 5) is 31.4. The van der Waals surface area contributed by atoms with Gasteiger partial charge in [0, 0.05) is 32.6 Å². The number of piperazine rings is 1. The minimum atomic E-state index is -0.0136. The van der Waals surface area contributed by atoms with Crippen molar-refractivity contribution >= 4 is 11.8 Å². The highest BCUT2D eigenvalue weighted by Gasteiger charge is 2.31. The van der Waals surface area contributed by atoms with E-state index in [-0.39, 0.29) is 11.9 Å². The molecule has 3 aliphatic rings. The van der Waals surface area contributed by atoms with E-state index in [2.05, 4.69) is 11.8 Å². The largest absolute Gasteiger partial charge is 0.339 e. The molecular formula is C19H33N3O2. The van der Waals surface area contributed by atoms with Crippen LogP contribution in [-0.2, 0) is 9.59 Å². The maximum Gasteiger partial charge on any atom is 0.239 e. The van der Waals surface area contributed by atoms with Crippen LogP contribution in [0, 0.1) is 5.92 Å². The molecule has 2 heterocycles. The van der Waals surface area contributed by atoms with Crippen molar-refractivity contribution in [3.8, 4) is 0 Å². The Labute approximate surface area is 146 Å². The van der Waals surface area contributed by atoms with Crippen LogP contribution in [0.2, 0.25) is 0 Å². The number of hydrogen-bond donors (Lipinski definition) is 0. The van der Waals surface area contributed by atoms with Gasteiger partial charge in [-0.15, -0.1) is 0 Å². The Hall–Kier alpha value is -1.10. The fourth-order valence-corrected chi connectivity index (χ4v) is 4.15. The summed E-state index contributed by atoms with van der Waals surface area (Å²) in [5, 5.41) is 0. The first-order valence-electron chi connectivity index (χ1n) is 9.96. The van der Waals surface area contributed by atoms with Gasteiger partial charge in [-0.2, -0.15) is 0 Å². The van der Waals surface area contributed by atoms with Crippen LogP contribution < -0.4 is 0 Å². The zero-order chi connectivity index (χ0) is 16.9. The van der Waals surface area contributed by atoms with E-state index in [0.29, 0.717) is 38.0 Å². The Bertz CT molecular complexity index is 434. The highest BCUT2D eigenvalue weighted by molar-refractivity contribution is 5.82. The molecule has 0 spiro atoms. The maximum absolute atomic E-state index is 12.8. The highest BCUT2D eigenvalue weighted by atomic mass is 16.2. The highest BCUT2D eigenvalue weighted by Crippen LogP contribution is 2.30. The molecule has 0 aromatic carbocycles. The Morgan fingerprint density at radius 1 is 0.833 bits per heavy atom. The van der Waals surface area contributed by atoms with Crippen LogP contribution in [0.1, 0.15) is 58.3 Å². The lowest BCUT2D eigenvalue weighted by Gasteiger charge is -2.38. The lowest BCUT2D eigenvalue weighted by Crippen LogP contribution is -2.55. The molecule has 2 aliphatic heterocycles. The minimum absolute atomic E-state index is 0.0136. The molecule has 2 saturated heterocycles. The van der Waals surface area contributed by atoms with Crippen LogP contribution in [-0.4, -0.2) is 71.8 Å². The molecule has 0 bridgehead atoms. The number of amides is 2. The van der Waals surface area contributed by atoms with Gasteiger partial charge in [-0.1, -0.05) is 19.3 Å². The lowest BCUT2D eigenvalue weighted by atomic mass is 9.82. The average molecular weight is 335 g/mol. The second-order valence-electron chi connectivity index (χ2n) is 7.83. The van der Waals surface area contributed by atoms with E-state index in [4.69, 9.17) is 0 Å². The van der Waals surface area contributed by atoms with Gasteiger partial charge < -0.3 is 9.80 Å². The normalized spacial score (nSPS) is 25.0. The third kappa shape index (κ3) is 4.29. The van der Waals surface area contributed by atoms with Crippen LogP contribution in [0.4, 0.5) is 0 Å². The van der Waals surface area contributed by atoms with Gasteiger partial charge in [-0.25, -0.2) is 0 Å². The smallest absolute Gasteiger partial charge is 0.239 e. The molecule has 1 saturated carbocycles. The first-order chi connectivity index (χ1) is 11.6. The van der Waals surface area contributed by atoms with Gasteiger partial charge >= 0.3 is 0 Å². The lowest BCUT2D eigenvalue weighted by molar-refractivity contribution is -0.143. The fourth-order valence-electron chi connectivity index (χ4n) is 4.15. The molecule has 3 rings (SSSR count). The second kappa shape index (κ2) is 8.32. The van der Waals surface area contributed by atoms with Crippen LogP contribution >= 0.6 is 0 Å². The van der Waals surface area contributed by atoms with E-state index < -0.39 is 0 Å². The Kier molecular flexibility index (Phi) is 6.14. The Morgan fingerprint density at radius 3 is 1.96 bits per heavy atom. The number of hydrogen-bond acceptors (Lipinski definition) is 3. The number of rotatable bonds is 4. The summed E-state index contributed by atoms with van der Waals surface area (Å²) in [6.07, 6.45) is 9.45. The standard InChI is InChI=1S/C19H33N3O2/c1-16(20-9-4-2-3-5-10-20)19(24)22-13-11-21(12-14-22)18(23)15-17-7-6-8-17/h16-17H,2-15H2,1H3. The van der Waals surface area contributed by atoms with Crippen LogP contribution in [0.3, 0.4) is 0 Å². The van der Waals surface area contributed by atoms with E-state index in [0.717, 1.165) is 19.5 Å². The van der Waals surface area contributed by atoms with Gasteiger partial charge in [0.15, 0.2) is 0 Å². The molecule has 3 fully saturated rings. The van der Waals surface area contributed by atoms with Crippen molar-refractivity contribution in [3.63, 3.8) is 0 Å². The van der Waals surface area contributed by atoms with Gasteiger partial charge in [-0.3, -0.25) is 14.5 Å². The van der Waals surface area contributed by atoms with Crippen LogP contribution in [0.5, 0.6) is 0 Å². The van der Waals surface area contributed by atoms with Crippen molar-refractivity contribution in [2.24, 2.45) is 5.92 Å². The molecule has 2 amide bonds. The van der Waals surface area contributed by atoms with Crippen LogP contribution in [0.25, 0.3) is 0 Å². The first kappa shape index (κ1) is 17.7. The number of likely N-dealkylation sites (tertiary alicyclic amines) is 1. The summed E-state index contributed by atoms with van der Waals surface area (Å²) >= 11 is 0. The van der Waals surface area contributed by atoms with Crippen molar-refractivity contribution in [3.05, 3.63) is 0 Å². The molecule has 0 radical (unpaired) electrons. The maximum atomic E-state index is 12.8. The van der Waals surface area contributed by atoms with E-state index in [1.54, 1.807) is 0 Å². The van der Waals surface area contributed by atoms with E-state index in [9.17, 15) is 9.59 Å². The zero-order valence-corrected chi connectivity index (χ0v) is 15.2. The summed E-state index contributed by atoms with van der Waals surface area (Å²) in [7, 11) is 0. The first-order valence-corrected chi connectivity index (χ1v) is 9.96. The molecule has 5 nitrogen and oxygen atoms in total. The number of carbonyl (C=O) groups excluding carboxylic acids is 2. The van der Waals surface area contributed by atoms with Gasteiger partial charge in [-0.05, 0) is 51.6 Å². The van der Waals surface area contributed by atoms with Crippen molar-refractivity contribution < 1.29 is 9.59 Å². The van der Waals surface area contributed by atoms with Crippen molar-refractivity contribution in [1.82, 2.24) is 14.7 Å². The molecular weight excluding hydrogens is 302 g/mol. The van der Waals surface area contributed by atoms with Crippen LogP contribution in [0.15, 0.2) is 0 Å². The summed E-state index contributed by atoms with van der Waals surface area (Å²) in [6.45, 7) is 6.98. The van der Waals surface area contributed by atoms with E-state index in [1.165, 1.54) is 44.9 Å². The van der Waals surface area contributed by atoms with Gasteiger partial charge in [0.05, 0.1) is 6.04 Å². The second-order valence-corrected chi connectivity index (χ2v) is 7.83. The monoisotopic (exact) mass is 335 g/mol. The van der Waals surface area contributed by atoms with Crippen molar-refractivity contribution in [2.45, 2.75) is 64.3 Å². The molecule has 0 N–H and O–H groups in total. The topological polar surface area (TPSA) is 43.9 Å². The molecule has 0 aromatic rings. The SMILES string of the molecule is CC(C(=O)N1CCN(C(=O)CC2CCC2)CC1)N1CCCCCC1. The quantitative estimate of drug-likeness (QED) is 0.790. The third-order valence-electron chi connectivity index (χ3n) is 6.18. The summed E-state index contributed by atoms with van der Waals surface area (Å²) in [5.41, 5.74) is 0. The predicted octanol–water partition coefficient (Wildman–Crippen LogP) is 2.11. The summed E-state index contributed by atoms with van der Waals surface area (Å²) in [6, 6.07) is -0.0136. The molecule has 24 heavy (non-hydrogen) atoms. The summed E-state index contributed by atoms with van der Waals surface area (Å²) < 4.78 is 0. The molecule has 0 aromatic heterocycles. The Balaban J connectivity index is 1.44. The molecule has 5 heteroatoms. The molecule has 136 valence electrons. The van der Waals surface area contributed by atoms with Gasteiger partial charge in [0.2, 0.25) is 11.8 Å². The average Bonchev–Trinajstić information content (AvgIpc) is 2.86.